The van der Waals surface area contributed by atoms with Gasteiger partial charge in [-0.05, 0) is 22.3 Å². The number of aliphatic carboxylic acids is 1. The third-order valence-corrected chi connectivity index (χ3v) is 4.50. The number of amides is 2. The van der Waals surface area contributed by atoms with Crippen LogP contribution >= 0.6 is 0 Å². The standard InChI is InChI=1S/C20H20N2O6.HNO3.Y/c21-19(25)27-10-12(9-18(23)24)22-20(26)28-11-17-15-7-3-1-5-13(15)14-6-2-4-8-16(14)17;2-1(3)4;/h1-8,12,17H,9-11H2,(H4,21,22,23,24,25,26);(H,2,3,4);/p-1. The summed E-state index contributed by atoms with van der Waals surface area (Å²) < 4.78 is 9.80. The van der Waals surface area contributed by atoms with Crippen molar-refractivity contribution < 1.29 is 72.0 Å². The summed E-state index contributed by atoms with van der Waals surface area (Å²) in [5.41, 5.74) is 11.0. The molecule has 0 saturated carbocycles. The van der Waals surface area contributed by atoms with E-state index in [0.717, 1.165) is 22.3 Å². The van der Waals surface area contributed by atoms with Crippen LogP contribution in [0.4, 0.5) is 9.59 Å². The molecule has 173 valence electrons. The van der Waals surface area contributed by atoms with Crippen molar-refractivity contribution >= 4 is 18.2 Å². The second-order valence-corrected chi connectivity index (χ2v) is 6.60. The van der Waals surface area contributed by atoms with Crippen LogP contribution in [0.25, 0.3) is 16.9 Å². The van der Waals surface area contributed by atoms with Crippen molar-refractivity contribution in [2.45, 2.75) is 18.4 Å². The van der Waals surface area contributed by atoms with E-state index in [1.54, 1.807) is 0 Å². The van der Waals surface area contributed by atoms with Gasteiger partial charge in [-0.3, -0.25) is 9.59 Å². The summed E-state index contributed by atoms with van der Waals surface area (Å²) in [7, 11) is 0. The molecule has 12 nitrogen and oxygen atoms in total. The summed E-state index contributed by atoms with van der Waals surface area (Å²) in [6.45, 7) is -0.337. The second-order valence-electron chi connectivity index (χ2n) is 6.60. The van der Waals surface area contributed by atoms with E-state index < -0.39 is 42.3 Å². The number of rotatable bonds is 7. The number of benzene rings is 2. The van der Waals surface area contributed by atoms with Gasteiger partial charge in [0.05, 0.1) is 12.5 Å². The maximum absolute atomic E-state index is 12.1. The van der Waals surface area contributed by atoms with E-state index in [1.807, 2.05) is 48.5 Å². The van der Waals surface area contributed by atoms with Gasteiger partial charge in [0, 0.05) is 38.6 Å². The van der Waals surface area contributed by atoms with E-state index in [-0.39, 0.29) is 45.2 Å². The maximum Gasteiger partial charge on any atom is 0.407 e. The normalized spacial score (nSPS) is 11.9. The first-order valence-electron chi connectivity index (χ1n) is 9.24. The minimum absolute atomic E-state index is 0. The smallest absolute Gasteiger partial charge is 0.407 e. The van der Waals surface area contributed by atoms with Gasteiger partial charge in [0.2, 0.25) is 6.09 Å². The van der Waals surface area contributed by atoms with Crippen molar-refractivity contribution in [1.82, 2.24) is 5.32 Å². The van der Waals surface area contributed by atoms with E-state index in [4.69, 9.17) is 30.9 Å². The Labute approximate surface area is 213 Å². The predicted octanol–water partition coefficient (Wildman–Crippen LogP) is 3.21. The minimum Gasteiger partial charge on any atom is -0.632 e. The molecule has 1 atom stereocenters. The Morgan fingerprint density at radius 1 is 1.06 bits per heavy atom. The number of alkyl carbamates (subject to hydrolysis) is 1. The largest absolute Gasteiger partial charge is 0.632 e. The summed E-state index contributed by atoms with van der Waals surface area (Å²) in [6.07, 6.45) is -2.57. The molecule has 1 aliphatic rings. The number of hydrogen-bond donors (Lipinski definition) is 3. The molecule has 4 N–H and O–H groups in total. The van der Waals surface area contributed by atoms with Gasteiger partial charge < -0.3 is 30.8 Å². The Bertz CT molecular complexity index is 953. The Hall–Kier alpha value is -3.25. The van der Waals surface area contributed by atoms with Crippen LogP contribution in [0.15, 0.2) is 48.5 Å². The first-order valence-corrected chi connectivity index (χ1v) is 9.24. The van der Waals surface area contributed by atoms with Crippen molar-refractivity contribution in [3.8, 4) is 11.1 Å². The molecule has 0 spiro atoms. The molecule has 0 fully saturated rings. The number of carboxylic acid groups (broad SMARTS) is 1. The van der Waals surface area contributed by atoms with Crippen molar-refractivity contribution in [3.63, 3.8) is 0 Å². The average molecular weight is 535 g/mol. The third kappa shape index (κ3) is 8.66. The number of carbonyl (C=O) groups excluding carboxylic acids is 2. The fourth-order valence-corrected chi connectivity index (χ4v) is 3.35. The average Bonchev–Trinajstić information content (AvgIpc) is 3.03. The molecule has 0 heterocycles. The monoisotopic (exact) mass is 535 g/mol. The maximum atomic E-state index is 12.1. The van der Waals surface area contributed by atoms with Gasteiger partial charge in [-0.25, -0.2) is 4.79 Å². The van der Waals surface area contributed by atoms with Gasteiger partial charge in [0.15, 0.2) is 0 Å². The zero-order valence-corrected chi connectivity index (χ0v) is 20.0. The van der Waals surface area contributed by atoms with Crippen LogP contribution < -0.4 is 5.32 Å². The van der Waals surface area contributed by atoms with Crippen LogP contribution in [0.5, 0.6) is 0 Å². The third-order valence-electron chi connectivity index (χ3n) is 4.50. The van der Waals surface area contributed by atoms with Gasteiger partial charge in [0.25, 0.3) is 5.09 Å². The molecule has 0 saturated heterocycles. The molecular formula is C20H20N3O9Y-. The van der Waals surface area contributed by atoms with E-state index in [9.17, 15) is 14.4 Å². The van der Waals surface area contributed by atoms with Crippen LogP contribution in [0.2, 0.25) is 0 Å². The van der Waals surface area contributed by atoms with Gasteiger partial charge in [-0.1, -0.05) is 48.5 Å². The summed E-state index contributed by atoms with van der Waals surface area (Å²) in [5.74, 6) is -1.30. The number of ether oxygens (including phenoxy) is 2. The summed E-state index contributed by atoms with van der Waals surface area (Å²) in [5, 5.41) is 24.9. The quantitative estimate of drug-likeness (QED) is 0.353. The van der Waals surface area contributed by atoms with Crippen LogP contribution in [0.3, 0.4) is 0 Å². The van der Waals surface area contributed by atoms with E-state index in [2.05, 4.69) is 10.1 Å². The molecule has 0 aliphatic heterocycles. The van der Waals surface area contributed by atoms with Crippen LogP contribution in [-0.2, 0) is 47.0 Å². The van der Waals surface area contributed by atoms with Gasteiger partial charge in [-0.2, -0.15) is 0 Å². The molecule has 13 heteroatoms. The topological polar surface area (TPSA) is 189 Å². The molecule has 3 rings (SSSR count). The molecule has 0 aromatic heterocycles. The Balaban J connectivity index is 0.00000101. The molecule has 2 aromatic rings. The number of fused-ring (bicyclic) bond motifs is 3. The molecule has 0 bridgehead atoms. The van der Waals surface area contributed by atoms with Crippen LogP contribution in [0.1, 0.15) is 23.5 Å². The number of carboxylic acids is 1. The van der Waals surface area contributed by atoms with Crippen molar-refractivity contribution in [3.05, 3.63) is 75.5 Å². The summed E-state index contributed by atoms with van der Waals surface area (Å²) in [6, 6.07) is 14.8. The summed E-state index contributed by atoms with van der Waals surface area (Å²) in [4.78, 5) is 42.0. The number of hydrogen-bond acceptors (Lipinski definition) is 7. The SMILES string of the molecule is O=[N+]([O-])O.[NH-]C(=O)OCC(CC(=O)O)NC(=O)OCC1c2ccccc2-c2ccccc21.[Y]. The van der Waals surface area contributed by atoms with E-state index in [0.29, 0.717) is 0 Å². The van der Waals surface area contributed by atoms with Crippen molar-refractivity contribution in [1.29, 1.82) is 0 Å². The van der Waals surface area contributed by atoms with Crippen molar-refractivity contribution in [2.24, 2.45) is 0 Å². The number of nitrogens with one attached hydrogen (secondary N) is 2. The van der Waals surface area contributed by atoms with Gasteiger partial charge in [0.1, 0.15) is 13.2 Å². The Morgan fingerprint density at radius 2 is 1.55 bits per heavy atom. The first kappa shape index (κ1) is 27.8. The summed E-state index contributed by atoms with van der Waals surface area (Å²) >= 11 is 0. The van der Waals surface area contributed by atoms with Crippen molar-refractivity contribution in [2.75, 3.05) is 13.2 Å². The molecule has 1 aliphatic carbocycles. The van der Waals surface area contributed by atoms with Gasteiger partial charge >= 0.3 is 12.1 Å². The van der Waals surface area contributed by atoms with Gasteiger partial charge in [-0.15, -0.1) is 10.1 Å². The Kier molecular flexibility index (Phi) is 11.2. The van der Waals surface area contributed by atoms with Crippen LogP contribution in [-0.4, -0.2) is 52.8 Å². The number of nitrogens with zero attached hydrogens (tertiary/aromatic N) is 1. The van der Waals surface area contributed by atoms with E-state index in [1.165, 1.54) is 0 Å². The Morgan fingerprint density at radius 3 is 2.00 bits per heavy atom. The predicted molar refractivity (Wildman–Crippen MR) is 109 cm³/mol. The fraction of sp³-hybridized carbons (Fsp3) is 0.250. The number of carbonyl (C=O) groups is 3. The molecule has 33 heavy (non-hydrogen) atoms. The molecule has 1 unspecified atom stereocenters. The van der Waals surface area contributed by atoms with E-state index >= 15 is 0 Å². The first-order chi connectivity index (χ1) is 15.2. The molecule has 1 radical (unpaired) electrons. The second kappa shape index (κ2) is 13.3. The zero-order chi connectivity index (χ0) is 23.7. The molecular weight excluding hydrogens is 515 g/mol. The zero-order valence-electron chi connectivity index (χ0n) is 17.2. The fourth-order valence-electron chi connectivity index (χ4n) is 3.35. The molecule has 2 amide bonds. The minimum atomic E-state index is -1.50. The molecule has 2 aromatic carbocycles. The van der Waals surface area contributed by atoms with Crippen LogP contribution in [0, 0.1) is 10.1 Å².